The van der Waals surface area contributed by atoms with Crippen molar-refractivity contribution in [3.05, 3.63) is 101 Å². The van der Waals surface area contributed by atoms with E-state index in [9.17, 15) is 9.59 Å². The van der Waals surface area contributed by atoms with Crippen molar-refractivity contribution in [2.24, 2.45) is 0 Å². The number of rotatable bonds is 9. The van der Waals surface area contributed by atoms with E-state index in [1.54, 1.807) is 24.3 Å². The van der Waals surface area contributed by atoms with Crippen LogP contribution in [0.25, 0.3) is 0 Å². The summed E-state index contributed by atoms with van der Waals surface area (Å²) in [7, 11) is 1.34. The molecule has 1 amide bonds. The number of methoxy groups -OCH3 is 1. The molecule has 3 aromatic carbocycles. The van der Waals surface area contributed by atoms with Crippen molar-refractivity contribution >= 4 is 17.6 Å². The molecule has 2 fully saturated rings. The zero-order valence-electron chi connectivity index (χ0n) is 23.5. The van der Waals surface area contributed by atoms with E-state index in [2.05, 4.69) is 40.1 Å². The fourth-order valence-corrected chi connectivity index (χ4v) is 5.44. The fourth-order valence-electron chi connectivity index (χ4n) is 5.44. The molecule has 8 nitrogen and oxygen atoms in total. The average Bonchev–Trinajstić information content (AvgIpc) is 3.58. The molecule has 212 valence electrons. The van der Waals surface area contributed by atoms with Crippen LogP contribution in [0.1, 0.15) is 56.4 Å². The zero-order valence-corrected chi connectivity index (χ0v) is 23.5. The minimum atomic E-state index is -0.417. The summed E-state index contributed by atoms with van der Waals surface area (Å²) in [4.78, 5) is 31.5. The Morgan fingerprint density at radius 3 is 2.22 bits per heavy atom. The normalized spacial score (nSPS) is 16.3. The monoisotopic (exact) mass is 552 g/mol. The molecule has 2 aliphatic heterocycles. The number of carbonyl (C=O) groups excluding carboxylic acids is 2. The number of nitrogens with zero attached hydrogens (tertiary/aromatic N) is 4. The summed E-state index contributed by atoms with van der Waals surface area (Å²) in [5, 5.41) is 9.12. The van der Waals surface area contributed by atoms with Crippen molar-refractivity contribution in [1.29, 1.82) is 5.26 Å². The van der Waals surface area contributed by atoms with Crippen molar-refractivity contribution in [2.75, 3.05) is 57.8 Å². The van der Waals surface area contributed by atoms with E-state index in [0.29, 0.717) is 36.4 Å². The minimum absolute atomic E-state index is 0.0343. The molecule has 0 saturated carbocycles. The van der Waals surface area contributed by atoms with Gasteiger partial charge >= 0.3 is 5.97 Å². The maximum atomic E-state index is 13.1. The highest BCUT2D eigenvalue weighted by Crippen LogP contribution is 2.28. The first-order valence-corrected chi connectivity index (χ1v) is 14.2. The van der Waals surface area contributed by atoms with Crippen LogP contribution < -0.4 is 4.90 Å². The molecule has 2 aliphatic rings. The van der Waals surface area contributed by atoms with E-state index >= 15 is 0 Å². The Balaban J connectivity index is 1.24. The van der Waals surface area contributed by atoms with Crippen LogP contribution in [0.3, 0.4) is 0 Å². The van der Waals surface area contributed by atoms with Gasteiger partial charge in [0.25, 0.3) is 5.91 Å². The lowest BCUT2D eigenvalue weighted by Crippen LogP contribution is -2.49. The van der Waals surface area contributed by atoms with Crippen LogP contribution in [0, 0.1) is 11.3 Å². The molecule has 0 spiro atoms. The molecule has 0 aliphatic carbocycles. The Kier molecular flexibility index (Phi) is 9.29. The van der Waals surface area contributed by atoms with Crippen LogP contribution >= 0.6 is 0 Å². The third-order valence-electron chi connectivity index (χ3n) is 7.88. The molecule has 41 heavy (non-hydrogen) atoms. The lowest BCUT2D eigenvalue weighted by atomic mass is 10.1. The lowest BCUT2D eigenvalue weighted by Gasteiger charge is -2.36. The van der Waals surface area contributed by atoms with Crippen LogP contribution in [0.5, 0.6) is 0 Å². The summed E-state index contributed by atoms with van der Waals surface area (Å²) in [5.41, 5.74) is 5.03. The first-order chi connectivity index (χ1) is 20.0. The molecule has 3 aromatic rings. The molecule has 0 bridgehead atoms. The number of ether oxygens (including phenoxy) is 2. The van der Waals surface area contributed by atoms with Gasteiger partial charge in [0, 0.05) is 57.1 Å². The molecule has 0 aromatic heterocycles. The van der Waals surface area contributed by atoms with Gasteiger partial charge in [0.15, 0.2) is 0 Å². The number of hydrogen-bond donors (Lipinski definition) is 0. The number of piperazine rings is 1. The molecular formula is C33H36N4O4. The van der Waals surface area contributed by atoms with Crippen LogP contribution in [0.15, 0.2) is 72.8 Å². The second-order valence-corrected chi connectivity index (χ2v) is 10.6. The van der Waals surface area contributed by atoms with Crippen molar-refractivity contribution < 1.29 is 19.1 Å². The van der Waals surface area contributed by atoms with E-state index in [1.165, 1.54) is 25.6 Å². The topological polar surface area (TPSA) is 86.1 Å². The highest BCUT2D eigenvalue weighted by atomic mass is 16.5. The van der Waals surface area contributed by atoms with Gasteiger partial charge in [-0.3, -0.25) is 9.69 Å². The standard InChI is InChI=1S/C33H36N4O4/c1-40-33(39)28-13-11-27(12-14-28)32(38)37-19-17-35(18-20-37)23-31(41-24-26-9-7-25(22-34)8-10-26)29-5-4-6-30(21-29)36-15-2-3-16-36/h4-14,21,31H,2-3,15-20,23-24H2,1H3/t31-/m1/s1. The van der Waals surface area contributed by atoms with E-state index in [-0.39, 0.29) is 12.0 Å². The Hall–Kier alpha value is -4.19. The molecule has 0 N–H and O–H groups in total. The minimum Gasteiger partial charge on any atom is -0.465 e. The summed E-state index contributed by atoms with van der Waals surface area (Å²) in [6.45, 7) is 6.06. The van der Waals surface area contributed by atoms with Crippen molar-refractivity contribution in [3.63, 3.8) is 0 Å². The van der Waals surface area contributed by atoms with E-state index in [4.69, 9.17) is 14.7 Å². The van der Waals surface area contributed by atoms with Gasteiger partial charge in [-0.25, -0.2) is 4.79 Å². The van der Waals surface area contributed by atoms with Crippen molar-refractivity contribution in [1.82, 2.24) is 9.80 Å². The zero-order chi connectivity index (χ0) is 28.6. The van der Waals surface area contributed by atoms with Crippen LogP contribution in [-0.4, -0.2) is 74.6 Å². The summed E-state index contributed by atoms with van der Waals surface area (Å²) < 4.78 is 11.3. The van der Waals surface area contributed by atoms with Gasteiger partial charge < -0.3 is 19.3 Å². The predicted molar refractivity (Wildman–Crippen MR) is 157 cm³/mol. The molecule has 8 heteroatoms. The number of carbonyl (C=O) groups is 2. The number of anilines is 1. The maximum absolute atomic E-state index is 13.1. The fraction of sp³-hybridized carbons (Fsp3) is 0.364. The van der Waals surface area contributed by atoms with Gasteiger partial charge in [0.05, 0.1) is 37.0 Å². The van der Waals surface area contributed by atoms with Crippen LogP contribution in [-0.2, 0) is 16.1 Å². The van der Waals surface area contributed by atoms with Gasteiger partial charge in [-0.1, -0.05) is 24.3 Å². The second kappa shape index (κ2) is 13.4. The highest BCUT2D eigenvalue weighted by molar-refractivity contribution is 5.96. The third kappa shape index (κ3) is 7.12. The number of benzene rings is 3. The van der Waals surface area contributed by atoms with Gasteiger partial charge in [-0.15, -0.1) is 0 Å². The van der Waals surface area contributed by atoms with Crippen molar-refractivity contribution in [3.8, 4) is 6.07 Å². The van der Waals surface area contributed by atoms with Crippen LogP contribution in [0.2, 0.25) is 0 Å². The first-order valence-electron chi connectivity index (χ1n) is 14.2. The first kappa shape index (κ1) is 28.3. The second-order valence-electron chi connectivity index (χ2n) is 10.6. The Labute approximate surface area is 241 Å². The van der Waals surface area contributed by atoms with E-state index in [1.807, 2.05) is 29.2 Å². The van der Waals surface area contributed by atoms with Crippen molar-refractivity contribution in [2.45, 2.75) is 25.6 Å². The van der Waals surface area contributed by atoms with Gasteiger partial charge in [-0.05, 0) is 72.5 Å². The number of amides is 1. The molecule has 5 rings (SSSR count). The summed E-state index contributed by atoms with van der Waals surface area (Å²) in [6, 6.07) is 25.0. The van der Waals surface area contributed by atoms with Gasteiger partial charge in [0.2, 0.25) is 0 Å². The largest absolute Gasteiger partial charge is 0.465 e. The van der Waals surface area contributed by atoms with E-state index in [0.717, 1.165) is 43.9 Å². The Bertz CT molecular complexity index is 1370. The number of hydrogen-bond acceptors (Lipinski definition) is 7. The Morgan fingerprint density at radius 1 is 0.878 bits per heavy atom. The number of esters is 1. The average molecular weight is 553 g/mol. The molecule has 2 heterocycles. The summed E-state index contributed by atoms with van der Waals surface area (Å²) >= 11 is 0. The number of nitriles is 1. The smallest absolute Gasteiger partial charge is 0.337 e. The molecule has 0 unspecified atom stereocenters. The predicted octanol–water partition coefficient (Wildman–Crippen LogP) is 4.66. The highest BCUT2D eigenvalue weighted by Gasteiger charge is 2.26. The Morgan fingerprint density at radius 2 is 1.56 bits per heavy atom. The maximum Gasteiger partial charge on any atom is 0.337 e. The molecule has 2 saturated heterocycles. The third-order valence-corrected chi connectivity index (χ3v) is 7.88. The molecular weight excluding hydrogens is 516 g/mol. The summed E-state index contributed by atoms with van der Waals surface area (Å²) in [5.74, 6) is -0.451. The lowest BCUT2D eigenvalue weighted by molar-refractivity contribution is 0.00343. The SMILES string of the molecule is COC(=O)c1ccc(C(=O)N2CCN(C[C@@H](OCc3ccc(C#N)cc3)c3cccc(N4CCCC4)c3)CC2)cc1. The molecule has 0 radical (unpaired) electrons. The van der Waals surface area contributed by atoms with Gasteiger partial charge in [0.1, 0.15) is 0 Å². The van der Waals surface area contributed by atoms with Crippen LogP contribution in [0.4, 0.5) is 5.69 Å². The quantitative estimate of drug-likeness (QED) is 0.357. The van der Waals surface area contributed by atoms with Gasteiger partial charge in [-0.2, -0.15) is 5.26 Å². The summed E-state index contributed by atoms with van der Waals surface area (Å²) in [6.07, 6.45) is 2.31. The molecule has 1 atom stereocenters. The van der Waals surface area contributed by atoms with E-state index < -0.39 is 5.97 Å².